The number of nitro groups is 1. The molecule has 1 aromatic heterocycles. The van der Waals surface area contributed by atoms with Crippen LogP contribution in [-0.4, -0.2) is 22.6 Å². The quantitative estimate of drug-likeness (QED) is 0.0490. The Morgan fingerprint density at radius 1 is 0.811 bits per heavy atom. The van der Waals surface area contributed by atoms with Gasteiger partial charge in [0.1, 0.15) is 22.0 Å². The molecule has 0 saturated heterocycles. The van der Waals surface area contributed by atoms with E-state index < -0.39 is 22.0 Å². The van der Waals surface area contributed by atoms with Gasteiger partial charge in [-0.1, -0.05) is 97.1 Å². The predicted octanol–water partition coefficient (Wildman–Crippen LogP) is 9.08. The monoisotopic (exact) mass is 735 g/mol. The van der Waals surface area contributed by atoms with E-state index in [4.69, 9.17) is 0 Å². The molecule has 0 fully saturated rings. The highest BCUT2D eigenvalue weighted by Crippen LogP contribution is 2.40. The summed E-state index contributed by atoms with van der Waals surface area (Å²) in [4.78, 5) is 52.6. The van der Waals surface area contributed by atoms with Gasteiger partial charge in [-0.2, -0.15) is 5.26 Å². The molecule has 0 bridgehead atoms. The summed E-state index contributed by atoms with van der Waals surface area (Å²) in [6.45, 7) is 0. The molecule has 3 N–H and O–H groups in total. The highest BCUT2D eigenvalue weighted by atomic mass is 32.2. The smallest absolute Gasteiger partial charge is 0.276 e. The molecule has 10 nitrogen and oxygen atoms in total. The minimum absolute atomic E-state index is 0.123. The van der Waals surface area contributed by atoms with Crippen LogP contribution in [0.15, 0.2) is 155 Å². The molecule has 6 rings (SSSR count). The van der Waals surface area contributed by atoms with Crippen molar-refractivity contribution in [3.63, 3.8) is 0 Å². The van der Waals surface area contributed by atoms with Crippen LogP contribution in [0, 0.1) is 21.4 Å². The second-order valence-corrected chi connectivity index (χ2v) is 13.5. The van der Waals surface area contributed by atoms with E-state index in [0.717, 1.165) is 16.7 Å². The number of carbonyl (C=O) groups is 3. The van der Waals surface area contributed by atoms with Gasteiger partial charge in [0.25, 0.3) is 17.5 Å². The summed E-state index contributed by atoms with van der Waals surface area (Å²) in [5, 5.41) is 31.7. The SMILES string of the molecule is N#Cc1c(-c2ccccc2)csc1NC(=O)C(Sc1cccc(NC(=O)/C(=C\c2ccccc2[N+](=O)[O-])NC(=O)c2ccccc2)c1)c1ccccc1. The number of nitriles is 1. The van der Waals surface area contributed by atoms with E-state index in [-0.39, 0.29) is 28.4 Å². The highest BCUT2D eigenvalue weighted by molar-refractivity contribution is 8.00. The van der Waals surface area contributed by atoms with Crippen LogP contribution in [0.1, 0.15) is 32.3 Å². The fourth-order valence-corrected chi connectivity index (χ4v) is 7.33. The van der Waals surface area contributed by atoms with Gasteiger partial charge in [0.2, 0.25) is 5.91 Å². The first-order valence-corrected chi connectivity index (χ1v) is 17.9. The molecule has 1 unspecified atom stereocenters. The summed E-state index contributed by atoms with van der Waals surface area (Å²) in [6.07, 6.45) is 1.26. The minimum Gasteiger partial charge on any atom is -0.321 e. The van der Waals surface area contributed by atoms with Crippen molar-refractivity contribution in [3.8, 4) is 17.2 Å². The number of para-hydroxylation sites is 1. The van der Waals surface area contributed by atoms with Crippen LogP contribution in [-0.2, 0) is 9.59 Å². The molecule has 3 amide bonds. The molecule has 12 heteroatoms. The Hall–Kier alpha value is -6.81. The number of thioether (sulfide) groups is 1. The highest BCUT2D eigenvalue weighted by Gasteiger charge is 2.25. The number of hydrogen-bond donors (Lipinski definition) is 3. The lowest BCUT2D eigenvalue weighted by atomic mass is 10.1. The van der Waals surface area contributed by atoms with Crippen molar-refractivity contribution in [1.29, 1.82) is 5.26 Å². The average Bonchev–Trinajstić information content (AvgIpc) is 3.60. The van der Waals surface area contributed by atoms with E-state index >= 15 is 0 Å². The molecule has 0 spiro atoms. The third kappa shape index (κ3) is 8.92. The molecule has 0 aliphatic heterocycles. The van der Waals surface area contributed by atoms with Gasteiger partial charge in [0.05, 0.1) is 16.1 Å². The molecule has 6 aromatic rings. The zero-order chi connectivity index (χ0) is 37.2. The number of nitro benzene ring substituents is 1. The number of hydrogen-bond acceptors (Lipinski definition) is 8. The van der Waals surface area contributed by atoms with Gasteiger partial charge < -0.3 is 16.0 Å². The molecule has 53 heavy (non-hydrogen) atoms. The Kier molecular flexibility index (Phi) is 11.5. The molecular formula is C41H29N5O5S2. The molecule has 1 heterocycles. The standard InChI is InChI=1S/C41H29N5O5S2/c42-25-33-34(27-13-4-1-5-14-27)26-52-41(33)45-40(49)37(28-15-6-2-7-16-28)53-32-21-12-20-31(24-32)43-39(48)35(44-38(47)29-17-8-3-9-18-29)23-30-19-10-11-22-36(30)46(50)51/h1-24,26,37H,(H,43,48)(H,44,47)(H,45,49)/b35-23+. The van der Waals surface area contributed by atoms with Crippen molar-refractivity contribution in [2.45, 2.75) is 10.1 Å². The number of benzene rings is 5. The normalized spacial score (nSPS) is 11.5. The fourth-order valence-electron chi connectivity index (χ4n) is 5.32. The molecule has 0 aliphatic carbocycles. The van der Waals surface area contributed by atoms with E-state index in [9.17, 15) is 29.8 Å². The topological polar surface area (TPSA) is 154 Å². The van der Waals surface area contributed by atoms with Crippen LogP contribution >= 0.6 is 23.1 Å². The van der Waals surface area contributed by atoms with E-state index in [1.165, 1.54) is 47.4 Å². The first-order valence-electron chi connectivity index (χ1n) is 16.1. The summed E-state index contributed by atoms with van der Waals surface area (Å²) in [5.41, 5.74) is 3.01. The molecule has 5 aromatic carbocycles. The number of nitrogens with zero attached hydrogens (tertiary/aromatic N) is 2. The minimum atomic E-state index is -0.741. The largest absolute Gasteiger partial charge is 0.321 e. The number of nitrogens with one attached hydrogen (secondary N) is 3. The molecular weight excluding hydrogens is 707 g/mol. The van der Waals surface area contributed by atoms with Crippen molar-refractivity contribution in [3.05, 3.63) is 183 Å². The van der Waals surface area contributed by atoms with Crippen molar-refractivity contribution < 1.29 is 19.3 Å². The molecule has 0 saturated carbocycles. The van der Waals surface area contributed by atoms with Crippen molar-refractivity contribution in [2.75, 3.05) is 10.6 Å². The van der Waals surface area contributed by atoms with Crippen LogP contribution in [0.3, 0.4) is 0 Å². The Morgan fingerprint density at radius 3 is 2.17 bits per heavy atom. The van der Waals surface area contributed by atoms with Crippen LogP contribution in [0.4, 0.5) is 16.4 Å². The Labute approximate surface area is 313 Å². The van der Waals surface area contributed by atoms with Crippen LogP contribution in [0.5, 0.6) is 0 Å². The molecule has 0 radical (unpaired) electrons. The molecule has 1 atom stereocenters. The van der Waals surface area contributed by atoms with Crippen LogP contribution in [0.2, 0.25) is 0 Å². The lowest BCUT2D eigenvalue weighted by Gasteiger charge is -2.17. The third-order valence-electron chi connectivity index (χ3n) is 7.87. The van der Waals surface area contributed by atoms with Crippen molar-refractivity contribution in [1.82, 2.24) is 5.32 Å². The zero-order valence-electron chi connectivity index (χ0n) is 27.8. The molecule has 0 aliphatic rings. The van der Waals surface area contributed by atoms with E-state index in [2.05, 4.69) is 22.0 Å². The lowest BCUT2D eigenvalue weighted by molar-refractivity contribution is -0.385. The van der Waals surface area contributed by atoms with Gasteiger partial charge in [-0.05, 0) is 53.6 Å². The maximum atomic E-state index is 14.0. The maximum absolute atomic E-state index is 14.0. The Morgan fingerprint density at radius 2 is 1.47 bits per heavy atom. The fraction of sp³-hybridized carbons (Fsp3) is 0.0244. The first-order chi connectivity index (χ1) is 25.8. The summed E-state index contributed by atoms with van der Waals surface area (Å²) >= 11 is 2.53. The van der Waals surface area contributed by atoms with E-state index in [1.807, 2.05) is 66.0 Å². The number of anilines is 2. The van der Waals surface area contributed by atoms with Crippen LogP contribution in [0.25, 0.3) is 17.2 Å². The van der Waals surface area contributed by atoms with E-state index in [0.29, 0.717) is 21.1 Å². The Balaban J connectivity index is 1.26. The average molecular weight is 736 g/mol. The zero-order valence-corrected chi connectivity index (χ0v) is 29.4. The van der Waals surface area contributed by atoms with Gasteiger partial charge in [0.15, 0.2) is 0 Å². The maximum Gasteiger partial charge on any atom is 0.276 e. The van der Waals surface area contributed by atoms with Gasteiger partial charge in [-0.25, -0.2) is 0 Å². The number of thiophene rings is 1. The van der Waals surface area contributed by atoms with Crippen molar-refractivity contribution in [2.24, 2.45) is 0 Å². The summed E-state index contributed by atoms with van der Waals surface area (Å²) < 4.78 is 0. The number of rotatable bonds is 12. The lowest BCUT2D eigenvalue weighted by Crippen LogP contribution is -2.30. The second-order valence-electron chi connectivity index (χ2n) is 11.4. The van der Waals surface area contributed by atoms with Gasteiger partial charge in [0, 0.05) is 33.2 Å². The molecule has 260 valence electrons. The van der Waals surface area contributed by atoms with Gasteiger partial charge in [-0.3, -0.25) is 24.5 Å². The predicted molar refractivity (Wildman–Crippen MR) is 208 cm³/mol. The summed E-state index contributed by atoms with van der Waals surface area (Å²) in [7, 11) is 0. The first kappa shape index (κ1) is 36.0. The summed E-state index contributed by atoms with van der Waals surface area (Å²) in [5.74, 6) is -1.64. The number of amides is 3. The number of carbonyl (C=O) groups excluding carboxylic acids is 3. The second kappa shape index (κ2) is 16.9. The van der Waals surface area contributed by atoms with Gasteiger partial charge in [-0.15, -0.1) is 23.1 Å². The Bertz CT molecular complexity index is 2360. The third-order valence-corrected chi connectivity index (χ3v) is 10.0. The summed E-state index contributed by atoms with van der Waals surface area (Å²) in [6, 6.07) is 41.9. The van der Waals surface area contributed by atoms with Crippen molar-refractivity contribution >= 4 is 63.3 Å². The van der Waals surface area contributed by atoms with Crippen LogP contribution < -0.4 is 16.0 Å². The van der Waals surface area contributed by atoms with E-state index in [1.54, 1.807) is 60.7 Å². The van der Waals surface area contributed by atoms with Gasteiger partial charge >= 0.3 is 0 Å².